The summed E-state index contributed by atoms with van der Waals surface area (Å²) in [6, 6.07) is 6.91. The molecule has 1 unspecified atom stereocenters. The van der Waals surface area contributed by atoms with Crippen LogP contribution in [-0.2, 0) is 28.1 Å². The number of carbonyl (C=O) groups is 2. The van der Waals surface area contributed by atoms with E-state index in [0.717, 1.165) is 0 Å². The smallest absolute Gasteiger partial charge is 0.322 e. The van der Waals surface area contributed by atoms with Crippen LogP contribution >= 0.6 is 0 Å². The maximum Gasteiger partial charge on any atom is 0.322 e. The maximum absolute atomic E-state index is 12.5. The Morgan fingerprint density at radius 3 is 2.48 bits per heavy atom. The molecule has 0 bridgehead atoms. The minimum atomic E-state index is -0.962. The van der Waals surface area contributed by atoms with Gasteiger partial charge in [0.15, 0.2) is 0 Å². The van der Waals surface area contributed by atoms with Gasteiger partial charge in [-0.2, -0.15) is 0 Å². The number of carboxylic acid groups (broad SMARTS) is 1. The first kappa shape index (κ1) is 19.0. The number of hydrogen-bond acceptors (Lipinski definition) is 5. The van der Waals surface area contributed by atoms with E-state index in [2.05, 4.69) is 36.3 Å². The van der Waals surface area contributed by atoms with Gasteiger partial charge >= 0.3 is 5.97 Å². The molecule has 0 radical (unpaired) electrons. The molecule has 27 heavy (non-hydrogen) atoms. The fourth-order valence-corrected chi connectivity index (χ4v) is 3.20. The SMILES string of the molecule is Cc1nnc2n1CC(C(=O)O)N(CC(=O)Nc1ccc(C(C)(C)C)cc1)C2. The van der Waals surface area contributed by atoms with Crippen molar-refractivity contribution in [1.29, 1.82) is 0 Å². The van der Waals surface area contributed by atoms with Crippen molar-refractivity contribution < 1.29 is 14.7 Å². The zero-order chi connectivity index (χ0) is 19.8. The molecule has 8 heteroatoms. The van der Waals surface area contributed by atoms with Crippen molar-refractivity contribution in [1.82, 2.24) is 19.7 Å². The predicted octanol–water partition coefficient (Wildman–Crippen LogP) is 1.79. The molecule has 1 aromatic heterocycles. The molecule has 0 aliphatic carbocycles. The molecule has 2 heterocycles. The van der Waals surface area contributed by atoms with E-state index in [1.54, 1.807) is 16.4 Å². The lowest BCUT2D eigenvalue weighted by molar-refractivity contribution is -0.145. The number of aryl methyl sites for hydroxylation is 1. The van der Waals surface area contributed by atoms with E-state index in [-0.39, 0.29) is 31.0 Å². The maximum atomic E-state index is 12.5. The second-order valence-corrected chi connectivity index (χ2v) is 7.91. The largest absolute Gasteiger partial charge is 0.480 e. The topological polar surface area (TPSA) is 100 Å². The summed E-state index contributed by atoms with van der Waals surface area (Å²) in [7, 11) is 0. The number of amides is 1. The molecule has 1 aliphatic rings. The third-order valence-corrected chi connectivity index (χ3v) is 4.82. The Labute approximate surface area is 158 Å². The summed E-state index contributed by atoms with van der Waals surface area (Å²) in [5.41, 5.74) is 1.91. The van der Waals surface area contributed by atoms with Crippen LogP contribution in [0.1, 0.15) is 38.0 Å². The van der Waals surface area contributed by atoms with Crippen LogP contribution in [0.2, 0.25) is 0 Å². The predicted molar refractivity (Wildman–Crippen MR) is 100 cm³/mol. The van der Waals surface area contributed by atoms with E-state index in [9.17, 15) is 14.7 Å². The van der Waals surface area contributed by atoms with Gasteiger partial charge in [-0.05, 0) is 30.0 Å². The van der Waals surface area contributed by atoms with Gasteiger partial charge in [0, 0.05) is 5.69 Å². The molecule has 8 nitrogen and oxygen atoms in total. The number of carboxylic acids is 1. The average Bonchev–Trinajstić information content (AvgIpc) is 2.94. The van der Waals surface area contributed by atoms with Crippen molar-refractivity contribution >= 4 is 17.6 Å². The monoisotopic (exact) mass is 371 g/mol. The van der Waals surface area contributed by atoms with Crippen molar-refractivity contribution in [2.75, 3.05) is 11.9 Å². The van der Waals surface area contributed by atoms with E-state index < -0.39 is 12.0 Å². The first-order valence-electron chi connectivity index (χ1n) is 8.91. The molecule has 3 rings (SSSR count). The highest BCUT2D eigenvalue weighted by Gasteiger charge is 2.34. The standard InChI is InChI=1S/C19H25N5O3/c1-12-21-22-16-10-23(15(18(26)27)9-24(12)16)11-17(25)20-14-7-5-13(6-8-14)19(2,3)4/h5-8,15H,9-11H2,1-4H3,(H,20,25)(H,26,27). The Hall–Kier alpha value is -2.74. The molecule has 0 saturated heterocycles. The summed E-state index contributed by atoms with van der Waals surface area (Å²) in [6.07, 6.45) is 0. The molecule has 1 atom stereocenters. The number of anilines is 1. The Balaban J connectivity index is 1.68. The number of rotatable bonds is 4. The lowest BCUT2D eigenvalue weighted by atomic mass is 9.87. The van der Waals surface area contributed by atoms with Crippen LogP contribution in [0.15, 0.2) is 24.3 Å². The summed E-state index contributed by atoms with van der Waals surface area (Å²) >= 11 is 0. The minimum absolute atomic E-state index is 0.0239. The Bertz CT molecular complexity index is 851. The zero-order valence-corrected chi connectivity index (χ0v) is 16.1. The Morgan fingerprint density at radius 2 is 1.89 bits per heavy atom. The van der Waals surface area contributed by atoms with Gasteiger partial charge in [0.1, 0.15) is 17.7 Å². The highest BCUT2D eigenvalue weighted by Crippen LogP contribution is 2.23. The number of benzene rings is 1. The van der Waals surface area contributed by atoms with Crippen LogP contribution in [0.3, 0.4) is 0 Å². The number of carbonyl (C=O) groups excluding carboxylic acids is 1. The van der Waals surface area contributed by atoms with Crippen LogP contribution in [0.25, 0.3) is 0 Å². The fraction of sp³-hybridized carbons (Fsp3) is 0.474. The van der Waals surface area contributed by atoms with Gasteiger partial charge in [-0.15, -0.1) is 10.2 Å². The number of aromatic nitrogens is 3. The lowest BCUT2D eigenvalue weighted by Crippen LogP contribution is -2.50. The molecule has 0 saturated carbocycles. The van der Waals surface area contributed by atoms with Gasteiger partial charge in [0.05, 0.1) is 19.6 Å². The number of hydrogen-bond donors (Lipinski definition) is 2. The number of fused-ring (bicyclic) bond motifs is 1. The van der Waals surface area contributed by atoms with E-state index in [0.29, 0.717) is 17.3 Å². The second kappa shape index (κ2) is 7.11. The summed E-state index contributed by atoms with van der Waals surface area (Å²) in [6.45, 7) is 8.66. The number of aliphatic carboxylic acids is 1. The molecule has 0 fully saturated rings. The van der Waals surface area contributed by atoms with E-state index in [1.165, 1.54) is 5.56 Å². The molecular weight excluding hydrogens is 346 g/mol. The average molecular weight is 371 g/mol. The molecule has 1 aliphatic heterocycles. The van der Waals surface area contributed by atoms with Crippen molar-refractivity contribution in [3.63, 3.8) is 0 Å². The highest BCUT2D eigenvalue weighted by atomic mass is 16.4. The number of nitrogens with one attached hydrogen (secondary N) is 1. The summed E-state index contributed by atoms with van der Waals surface area (Å²) in [5.74, 6) is 0.136. The van der Waals surface area contributed by atoms with Crippen LogP contribution in [0, 0.1) is 6.92 Å². The van der Waals surface area contributed by atoms with Gasteiger partial charge in [-0.1, -0.05) is 32.9 Å². The van der Waals surface area contributed by atoms with Crippen molar-refractivity contribution in [3.05, 3.63) is 41.5 Å². The summed E-state index contributed by atoms with van der Waals surface area (Å²) in [4.78, 5) is 25.7. The first-order chi connectivity index (χ1) is 12.6. The van der Waals surface area contributed by atoms with Crippen molar-refractivity contribution in [2.45, 2.75) is 52.2 Å². The van der Waals surface area contributed by atoms with Crippen molar-refractivity contribution in [2.24, 2.45) is 0 Å². The van der Waals surface area contributed by atoms with Crippen LogP contribution in [0.4, 0.5) is 5.69 Å². The van der Waals surface area contributed by atoms with E-state index >= 15 is 0 Å². The Kier molecular flexibility index (Phi) is 5.01. The number of nitrogens with zero attached hydrogens (tertiary/aromatic N) is 4. The van der Waals surface area contributed by atoms with Gasteiger partial charge in [-0.3, -0.25) is 14.5 Å². The third kappa shape index (κ3) is 4.16. The first-order valence-corrected chi connectivity index (χ1v) is 8.91. The second-order valence-electron chi connectivity index (χ2n) is 7.91. The molecule has 144 valence electrons. The molecule has 2 aromatic rings. The van der Waals surface area contributed by atoms with Crippen LogP contribution in [0.5, 0.6) is 0 Å². The van der Waals surface area contributed by atoms with Gasteiger partial charge in [0.2, 0.25) is 5.91 Å². The lowest BCUT2D eigenvalue weighted by Gasteiger charge is -2.32. The Morgan fingerprint density at radius 1 is 1.22 bits per heavy atom. The van der Waals surface area contributed by atoms with E-state index in [4.69, 9.17) is 0 Å². The molecule has 1 amide bonds. The fourth-order valence-electron chi connectivity index (χ4n) is 3.20. The zero-order valence-electron chi connectivity index (χ0n) is 16.1. The van der Waals surface area contributed by atoms with Crippen molar-refractivity contribution in [3.8, 4) is 0 Å². The molecule has 1 aromatic carbocycles. The quantitative estimate of drug-likeness (QED) is 0.850. The van der Waals surface area contributed by atoms with E-state index in [1.807, 2.05) is 24.3 Å². The molecule has 0 spiro atoms. The van der Waals surface area contributed by atoms with Crippen LogP contribution < -0.4 is 5.32 Å². The third-order valence-electron chi connectivity index (χ3n) is 4.82. The summed E-state index contributed by atoms with van der Waals surface area (Å²) in [5, 5.41) is 20.4. The molecular formula is C19H25N5O3. The van der Waals surface area contributed by atoms with Gasteiger partial charge in [0.25, 0.3) is 0 Å². The molecule has 2 N–H and O–H groups in total. The minimum Gasteiger partial charge on any atom is -0.480 e. The highest BCUT2D eigenvalue weighted by molar-refractivity contribution is 5.92. The van der Waals surface area contributed by atoms with Crippen LogP contribution in [-0.4, -0.2) is 49.2 Å². The normalized spacial score (nSPS) is 17.4. The van der Waals surface area contributed by atoms with Gasteiger partial charge in [-0.25, -0.2) is 0 Å². The van der Waals surface area contributed by atoms with Gasteiger partial charge < -0.3 is 15.0 Å². The summed E-state index contributed by atoms with van der Waals surface area (Å²) < 4.78 is 1.79.